The quantitative estimate of drug-likeness (QED) is 0.553. The summed E-state index contributed by atoms with van der Waals surface area (Å²) in [6.45, 7) is 0. The van der Waals surface area contributed by atoms with Crippen LogP contribution in [0.3, 0.4) is 0 Å². The first-order chi connectivity index (χ1) is 7.27. The van der Waals surface area contributed by atoms with Crippen LogP contribution in [0.4, 0.5) is 8.78 Å². The van der Waals surface area contributed by atoms with E-state index >= 15 is 0 Å². The van der Waals surface area contributed by atoms with E-state index in [0.29, 0.717) is 0 Å². The molecule has 0 unspecified atom stereocenters. The van der Waals surface area contributed by atoms with E-state index in [4.69, 9.17) is 4.84 Å². The third-order valence-electron chi connectivity index (χ3n) is 2.09. The summed E-state index contributed by atoms with van der Waals surface area (Å²) in [5.74, 6) is 0. The van der Waals surface area contributed by atoms with Gasteiger partial charge < -0.3 is 4.84 Å². The number of hydrogen-bond donors (Lipinski definition) is 0. The molecule has 15 heavy (non-hydrogen) atoms. The van der Waals surface area contributed by atoms with Crippen LogP contribution in [0.1, 0.15) is 30.4 Å². The first-order valence-corrected chi connectivity index (χ1v) is 4.76. The fourth-order valence-electron chi connectivity index (χ4n) is 1.11. The molecule has 0 atom stereocenters. The van der Waals surface area contributed by atoms with Gasteiger partial charge >= 0.3 is 0 Å². The predicted molar refractivity (Wildman–Crippen MR) is 52.0 cm³/mol. The molecule has 1 aliphatic carbocycles. The van der Waals surface area contributed by atoms with Gasteiger partial charge in [0, 0.05) is 11.1 Å². The lowest BCUT2D eigenvalue weighted by Crippen LogP contribution is -1.94. The smallest absolute Gasteiger partial charge is 0.264 e. The minimum Gasteiger partial charge on any atom is -0.392 e. The largest absolute Gasteiger partial charge is 0.392 e. The molecule has 1 aliphatic rings. The van der Waals surface area contributed by atoms with Gasteiger partial charge in [0.1, 0.15) is 12.3 Å². The SMILES string of the molecule is FC(F)c1ccccc1/[C]=N/OC1CC1. The van der Waals surface area contributed by atoms with Crippen molar-refractivity contribution in [1.29, 1.82) is 0 Å². The zero-order chi connectivity index (χ0) is 10.7. The number of benzene rings is 1. The molecule has 1 fully saturated rings. The Hall–Kier alpha value is -1.45. The van der Waals surface area contributed by atoms with Crippen LogP contribution in [0, 0.1) is 0 Å². The fraction of sp³-hybridized carbons (Fsp3) is 0.364. The Morgan fingerprint density at radius 1 is 1.33 bits per heavy atom. The summed E-state index contributed by atoms with van der Waals surface area (Å²) in [4.78, 5) is 4.96. The van der Waals surface area contributed by atoms with E-state index in [2.05, 4.69) is 11.4 Å². The topological polar surface area (TPSA) is 21.6 Å². The average molecular weight is 210 g/mol. The van der Waals surface area contributed by atoms with E-state index < -0.39 is 6.43 Å². The fourth-order valence-corrected chi connectivity index (χ4v) is 1.11. The summed E-state index contributed by atoms with van der Waals surface area (Å²) in [5.41, 5.74) is 0.216. The zero-order valence-electron chi connectivity index (χ0n) is 7.99. The van der Waals surface area contributed by atoms with Crippen LogP contribution in [0.25, 0.3) is 0 Å². The van der Waals surface area contributed by atoms with Crippen molar-refractivity contribution in [2.45, 2.75) is 25.4 Å². The van der Waals surface area contributed by atoms with Gasteiger partial charge in [0.15, 0.2) is 0 Å². The monoisotopic (exact) mass is 210 g/mol. The molecule has 0 aromatic heterocycles. The lowest BCUT2D eigenvalue weighted by molar-refractivity contribution is 0.130. The van der Waals surface area contributed by atoms with E-state index in [1.165, 1.54) is 6.07 Å². The third kappa shape index (κ3) is 2.75. The van der Waals surface area contributed by atoms with Gasteiger partial charge in [-0.25, -0.2) is 8.78 Å². The van der Waals surface area contributed by atoms with Crippen LogP contribution >= 0.6 is 0 Å². The number of hydrogen-bond acceptors (Lipinski definition) is 2. The van der Waals surface area contributed by atoms with Gasteiger partial charge in [0.2, 0.25) is 0 Å². The van der Waals surface area contributed by atoms with Crippen LogP contribution in [0.5, 0.6) is 0 Å². The third-order valence-corrected chi connectivity index (χ3v) is 2.09. The molecule has 0 amide bonds. The highest BCUT2D eigenvalue weighted by Gasteiger charge is 2.23. The van der Waals surface area contributed by atoms with E-state index in [1.54, 1.807) is 18.2 Å². The lowest BCUT2D eigenvalue weighted by atomic mass is 10.1. The molecular weight excluding hydrogens is 200 g/mol. The second-order valence-corrected chi connectivity index (χ2v) is 3.40. The lowest BCUT2D eigenvalue weighted by Gasteiger charge is -2.02. The zero-order valence-corrected chi connectivity index (χ0v) is 7.99. The Morgan fingerprint density at radius 2 is 2.07 bits per heavy atom. The van der Waals surface area contributed by atoms with E-state index in [9.17, 15) is 8.78 Å². The molecule has 0 aliphatic heterocycles. The van der Waals surface area contributed by atoms with Gasteiger partial charge in [0.25, 0.3) is 6.43 Å². The average Bonchev–Trinajstić information content (AvgIpc) is 3.02. The number of rotatable bonds is 4. The standard InChI is InChI=1S/C11H10F2NO/c12-11(13)10-4-2-1-3-8(10)7-14-15-9-5-6-9/h1-4,9,11H,5-6H2. The van der Waals surface area contributed by atoms with Crippen molar-refractivity contribution in [2.24, 2.45) is 5.16 Å². The van der Waals surface area contributed by atoms with Gasteiger partial charge in [0.05, 0.1) is 0 Å². The highest BCUT2D eigenvalue weighted by atomic mass is 19.3. The maximum atomic E-state index is 12.5. The molecular formula is C11H10F2NO. The van der Waals surface area contributed by atoms with Gasteiger partial charge in [-0.3, -0.25) is 0 Å². The van der Waals surface area contributed by atoms with Crippen molar-refractivity contribution in [3.8, 4) is 0 Å². The maximum Gasteiger partial charge on any atom is 0.264 e. The van der Waals surface area contributed by atoms with Crippen molar-refractivity contribution in [3.63, 3.8) is 0 Å². The normalized spacial score (nSPS) is 16.2. The second-order valence-electron chi connectivity index (χ2n) is 3.40. The first kappa shape index (κ1) is 10.1. The summed E-state index contributed by atoms with van der Waals surface area (Å²) >= 11 is 0. The second kappa shape index (κ2) is 4.38. The van der Waals surface area contributed by atoms with E-state index in [-0.39, 0.29) is 17.2 Å². The number of nitrogens with zero attached hydrogens (tertiary/aromatic N) is 1. The number of alkyl halides is 2. The van der Waals surface area contributed by atoms with Crippen molar-refractivity contribution >= 4 is 6.21 Å². The summed E-state index contributed by atoms with van der Waals surface area (Å²) in [6.07, 6.45) is 2.12. The highest BCUT2D eigenvalue weighted by Crippen LogP contribution is 2.24. The molecule has 0 saturated heterocycles. The molecule has 1 radical (unpaired) electrons. The van der Waals surface area contributed by atoms with Crippen LogP contribution in [0.15, 0.2) is 29.4 Å². The van der Waals surface area contributed by atoms with Crippen molar-refractivity contribution in [2.75, 3.05) is 0 Å². The molecule has 0 spiro atoms. The summed E-state index contributed by atoms with van der Waals surface area (Å²) in [5, 5.41) is 3.56. The molecule has 1 aromatic rings. The summed E-state index contributed by atoms with van der Waals surface area (Å²) in [6, 6.07) is 6.14. The van der Waals surface area contributed by atoms with Crippen LogP contribution < -0.4 is 0 Å². The first-order valence-electron chi connectivity index (χ1n) is 4.76. The molecule has 0 bridgehead atoms. The Kier molecular flexibility index (Phi) is 2.94. The predicted octanol–water partition coefficient (Wildman–Crippen LogP) is 3.01. The Labute approximate surface area is 86.5 Å². The van der Waals surface area contributed by atoms with Gasteiger partial charge in [-0.2, -0.15) is 0 Å². The number of halogens is 2. The molecule has 2 nitrogen and oxygen atoms in total. The summed E-state index contributed by atoms with van der Waals surface area (Å²) < 4.78 is 25.0. The van der Waals surface area contributed by atoms with Gasteiger partial charge in [-0.1, -0.05) is 29.4 Å². The van der Waals surface area contributed by atoms with Crippen LogP contribution in [0.2, 0.25) is 0 Å². The van der Waals surface area contributed by atoms with Gasteiger partial charge in [-0.05, 0) is 12.8 Å². The van der Waals surface area contributed by atoms with Crippen LogP contribution in [-0.4, -0.2) is 12.3 Å². The molecule has 0 heterocycles. The van der Waals surface area contributed by atoms with Crippen molar-refractivity contribution in [1.82, 2.24) is 0 Å². The molecule has 79 valence electrons. The molecule has 2 rings (SSSR count). The molecule has 1 saturated carbocycles. The summed E-state index contributed by atoms with van der Waals surface area (Å²) in [7, 11) is 0. The highest BCUT2D eigenvalue weighted by molar-refractivity contribution is 5.81. The van der Waals surface area contributed by atoms with E-state index in [1.807, 2.05) is 0 Å². The minimum atomic E-state index is -2.51. The Morgan fingerprint density at radius 3 is 2.73 bits per heavy atom. The van der Waals surface area contributed by atoms with E-state index in [0.717, 1.165) is 12.8 Å². The Bertz CT molecular complexity index is 361. The molecule has 0 N–H and O–H groups in total. The van der Waals surface area contributed by atoms with Gasteiger partial charge in [-0.15, -0.1) is 0 Å². The maximum absolute atomic E-state index is 12.5. The van der Waals surface area contributed by atoms with Crippen LogP contribution in [-0.2, 0) is 4.84 Å². The molecule has 4 heteroatoms. The molecule has 1 aromatic carbocycles. The van der Waals surface area contributed by atoms with Crippen molar-refractivity contribution < 1.29 is 13.6 Å². The minimum absolute atomic E-state index is 0.0688. The Balaban J connectivity index is 2.07. The van der Waals surface area contributed by atoms with Crippen molar-refractivity contribution in [3.05, 3.63) is 35.4 Å².